The average Bonchev–Trinajstić information content (AvgIpc) is 3.57. The second-order valence-corrected chi connectivity index (χ2v) is 7.75. The van der Waals surface area contributed by atoms with E-state index in [1.807, 2.05) is 6.07 Å². The lowest BCUT2D eigenvalue weighted by molar-refractivity contribution is 0.0924. The summed E-state index contributed by atoms with van der Waals surface area (Å²) in [6.45, 7) is 3.23. The molecule has 154 valence electrons. The Balaban J connectivity index is 1.41. The molecule has 0 unspecified atom stereocenters. The third-order valence-electron chi connectivity index (χ3n) is 5.58. The number of hydrogen-bond donors (Lipinski definition) is 1. The zero-order chi connectivity index (χ0) is 20.3. The SMILES string of the molecule is O=C(NCc1cncnc1)c1cc(N2CCOCC2)c(-c2ccc(C3CC3)cc2)o1. The van der Waals surface area contributed by atoms with Crippen LogP contribution in [0.25, 0.3) is 11.3 Å². The second-order valence-electron chi connectivity index (χ2n) is 7.75. The van der Waals surface area contributed by atoms with Crippen molar-refractivity contribution in [2.24, 2.45) is 0 Å². The lowest BCUT2D eigenvalue weighted by Crippen LogP contribution is -2.36. The third-order valence-corrected chi connectivity index (χ3v) is 5.58. The molecule has 0 bridgehead atoms. The number of aromatic nitrogens is 2. The van der Waals surface area contributed by atoms with Crippen LogP contribution in [0.1, 0.15) is 40.4 Å². The molecule has 30 heavy (non-hydrogen) atoms. The van der Waals surface area contributed by atoms with Crippen LogP contribution < -0.4 is 10.2 Å². The molecule has 0 radical (unpaired) electrons. The van der Waals surface area contributed by atoms with Crippen LogP contribution in [0.3, 0.4) is 0 Å². The van der Waals surface area contributed by atoms with E-state index in [9.17, 15) is 4.79 Å². The molecule has 5 rings (SSSR count). The summed E-state index contributed by atoms with van der Waals surface area (Å²) < 4.78 is 11.6. The monoisotopic (exact) mass is 404 g/mol. The first-order valence-corrected chi connectivity index (χ1v) is 10.4. The van der Waals surface area contributed by atoms with Crippen molar-refractivity contribution in [2.45, 2.75) is 25.3 Å². The summed E-state index contributed by atoms with van der Waals surface area (Å²) in [6, 6.07) is 10.4. The van der Waals surface area contributed by atoms with E-state index in [0.29, 0.717) is 31.4 Å². The normalized spacial score (nSPS) is 16.5. The second kappa shape index (κ2) is 8.28. The molecule has 0 atom stereocenters. The summed E-state index contributed by atoms with van der Waals surface area (Å²) in [6.07, 6.45) is 7.38. The molecule has 7 nitrogen and oxygen atoms in total. The highest BCUT2D eigenvalue weighted by Gasteiger charge is 2.25. The molecule has 7 heteroatoms. The molecule has 1 aliphatic heterocycles. The van der Waals surface area contributed by atoms with Crippen LogP contribution >= 0.6 is 0 Å². The number of amides is 1. The number of carbonyl (C=O) groups is 1. The van der Waals surface area contributed by atoms with Gasteiger partial charge >= 0.3 is 0 Å². The smallest absolute Gasteiger partial charge is 0.287 e. The van der Waals surface area contributed by atoms with Crippen LogP contribution in [-0.2, 0) is 11.3 Å². The third kappa shape index (κ3) is 4.07. The van der Waals surface area contributed by atoms with Gasteiger partial charge in [-0.15, -0.1) is 0 Å². The number of nitrogens with zero attached hydrogens (tertiary/aromatic N) is 3. The molecule has 1 aliphatic carbocycles. The van der Waals surface area contributed by atoms with Crippen molar-refractivity contribution in [1.29, 1.82) is 0 Å². The van der Waals surface area contributed by atoms with Gasteiger partial charge < -0.3 is 19.4 Å². The van der Waals surface area contributed by atoms with Crippen molar-refractivity contribution >= 4 is 11.6 Å². The van der Waals surface area contributed by atoms with Crippen molar-refractivity contribution in [3.63, 3.8) is 0 Å². The predicted molar refractivity (Wildman–Crippen MR) is 112 cm³/mol. The molecule has 2 fully saturated rings. The van der Waals surface area contributed by atoms with E-state index in [4.69, 9.17) is 9.15 Å². The van der Waals surface area contributed by atoms with Gasteiger partial charge in [-0.3, -0.25) is 4.79 Å². The quantitative estimate of drug-likeness (QED) is 0.678. The topological polar surface area (TPSA) is 80.5 Å². The van der Waals surface area contributed by atoms with Crippen LogP contribution in [0.15, 0.2) is 53.5 Å². The number of ether oxygens (including phenoxy) is 1. The first-order chi connectivity index (χ1) is 14.8. The Labute approximate surface area is 175 Å². The molecular weight excluding hydrogens is 380 g/mol. The lowest BCUT2D eigenvalue weighted by Gasteiger charge is -2.28. The first kappa shape index (κ1) is 18.8. The highest BCUT2D eigenvalue weighted by molar-refractivity contribution is 5.94. The maximum absolute atomic E-state index is 12.8. The van der Waals surface area contributed by atoms with Crippen molar-refractivity contribution in [3.8, 4) is 11.3 Å². The summed E-state index contributed by atoms with van der Waals surface area (Å²) in [5, 5.41) is 2.89. The molecule has 1 saturated heterocycles. The maximum atomic E-state index is 12.8. The van der Waals surface area contributed by atoms with Crippen molar-refractivity contribution in [3.05, 3.63) is 65.9 Å². The van der Waals surface area contributed by atoms with Crippen LogP contribution in [0, 0.1) is 0 Å². The van der Waals surface area contributed by atoms with Gasteiger partial charge in [0.15, 0.2) is 11.5 Å². The Bertz CT molecular complexity index is 1010. The van der Waals surface area contributed by atoms with Gasteiger partial charge in [0, 0.05) is 49.2 Å². The van der Waals surface area contributed by atoms with Gasteiger partial charge in [-0.25, -0.2) is 9.97 Å². The summed E-state index contributed by atoms with van der Waals surface area (Å²) in [4.78, 5) is 22.9. The standard InChI is InChI=1S/C23H24N4O3/c28-23(26-14-16-12-24-15-25-13-16)21-11-20(27-7-9-29-10-8-27)22(30-21)19-5-3-18(4-6-19)17-1-2-17/h3-6,11-13,15,17H,1-2,7-10,14H2,(H,26,28). The van der Waals surface area contributed by atoms with Crippen molar-refractivity contribution in [1.82, 2.24) is 15.3 Å². The van der Waals surface area contributed by atoms with E-state index in [1.54, 1.807) is 12.4 Å². The maximum Gasteiger partial charge on any atom is 0.287 e. The Kier molecular flexibility index (Phi) is 5.19. The van der Waals surface area contributed by atoms with Gasteiger partial charge in [0.2, 0.25) is 0 Å². The molecule has 2 aromatic heterocycles. The zero-order valence-electron chi connectivity index (χ0n) is 16.7. The Hall–Kier alpha value is -3.19. The summed E-state index contributed by atoms with van der Waals surface area (Å²) in [5.41, 5.74) is 4.13. The fourth-order valence-corrected chi connectivity index (χ4v) is 3.75. The van der Waals surface area contributed by atoms with E-state index in [-0.39, 0.29) is 5.91 Å². The van der Waals surface area contributed by atoms with Crippen LogP contribution in [0.4, 0.5) is 5.69 Å². The number of rotatable bonds is 6. The lowest BCUT2D eigenvalue weighted by atomic mass is 10.1. The number of furan rings is 1. The fourth-order valence-electron chi connectivity index (χ4n) is 3.75. The minimum Gasteiger partial charge on any atom is -0.449 e. The van der Waals surface area contributed by atoms with E-state index in [1.165, 1.54) is 24.7 Å². The molecule has 1 amide bonds. The Morgan fingerprint density at radius 3 is 2.53 bits per heavy atom. The Morgan fingerprint density at radius 1 is 1.10 bits per heavy atom. The Morgan fingerprint density at radius 2 is 1.83 bits per heavy atom. The largest absolute Gasteiger partial charge is 0.449 e. The van der Waals surface area contributed by atoms with E-state index < -0.39 is 0 Å². The minimum atomic E-state index is -0.255. The summed E-state index contributed by atoms with van der Waals surface area (Å²) in [7, 11) is 0. The molecule has 1 saturated carbocycles. The van der Waals surface area contributed by atoms with Gasteiger partial charge in [-0.05, 0) is 24.3 Å². The number of benzene rings is 1. The zero-order valence-corrected chi connectivity index (χ0v) is 16.7. The number of morpholine rings is 1. The first-order valence-electron chi connectivity index (χ1n) is 10.4. The van der Waals surface area contributed by atoms with E-state index >= 15 is 0 Å². The average molecular weight is 404 g/mol. The summed E-state index contributed by atoms with van der Waals surface area (Å²) in [5.74, 6) is 1.48. The summed E-state index contributed by atoms with van der Waals surface area (Å²) >= 11 is 0. The predicted octanol–water partition coefficient (Wildman–Crippen LogP) is 3.38. The van der Waals surface area contributed by atoms with Crippen LogP contribution in [-0.4, -0.2) is 42.2 Å². The van der Waals surface area contributed by atoms with Gasteiger partial charge in [0.05, 0.1) is 18.9 Å². The molecule has 0 spiro atoms. The van der Waals surface area contributed by atoms with Gasteiger partial charge in [-0.1, -0.05) is 24.3 Å². The van der Waals surface area contributed by atoms with Crippen molar-refractivity contribution in [2.75, 3.05) is 31.2 Å². The van der Waals surface area contributed by atoms with Gasteiger partial charge in [-0.2, -0.15) is 0 Å². The van der Waals surface area contributed by atoms with Gasteiger partial charge in [0.25, 0.3) is 5.91 Å². The highest BCUT2D eigenvalue weighted by atomic mass is 16.5. The highest BCUT2D eigenvalue weighted by Crippen LogP contribution is 2.41. The van der Waals surface area contributed by atoms with E-state index in [0.717, 1.165) is 35.7 Å². The molecule has 1 aromatic carbocycles. The molecule has 1 N–H and O–H groups in total. The van der Waals surface area contributed by atoms with Crippen LogP contribution in [0.5, 0.6) is 0 Å². The number of hydrogen-bond acceptors (Lipinski definition) is 6. The molecule has 3 heterocycles. The van der Waals surface area contributed by atoms with Crippen molar-refractivity contribution < 1.29 is 13.9 Å². The minimum absolute atomic E-state index is 0.255. The number of nitrogens with one attached hydrogen (secondary N) is 1. The molecule has 2 aliphatic rings. The number of anilines is 1. The van der Waals surface area contributed by atoms with E-state index in [2.05, 4.69) is 44.5 Å². The van der Waals surface area contributed by atoms with Crippen LogP contribution in [0.2, 0.25) is 0 Å². The molecular formula is C23H24N4O3. The fraction of sp³-hybridized carbons (Fsp3) is 0.348. The molecule has 3 aromatic rings. The van der Waals surface area contributed by atoms with Gasteiger partial charge in [0.1, 0.15) is 6.33 Å². The number of carbonyl (C=O) groups excluding carboxylic acids is 1.